The molecule has 0 heterocycles. The number of hydrogen-bond donors (Lipinski definition) is 3. The van der Waals surface area contributed by atoms with Crippen molar-refractivity contribution in [3.63, 3.8) is 0 Å². The van der Waals surface area contributed by atoms with Crippen LogP contribution < -0.4 is 10.6 Å². The first kappa shape index (κ1) is 24.0. The number of carboxylic acids is 1. The van der Waals surface area contributed by atoms with Gasteiger partial charge in [-0.2, -0.15) is 0 Å². The molecular formula is C28H28N2O5. The number of hydrogen-bond acceptors (Lipinski definition) is 4. The summed E-state index contributed by atoms with van der Waals surface area (Å²) in [5.41, 5.74) is 3.66. The monoisotopic (exact) mass is 472 g/mol. The van der Waals surface area contributed by atoms with Gasteiger partial charge in [-0.15, -0.1) is 0 Å². The molecular weight excluding hydrogens is 444 g/mol. The molecule has 0 bridgehead atoms. The average Bonchev–Trinajstić information content (AvgIpc) is 3.19. The van der Waals surface area contributed by atoms with E-state index < -0.39 is 23.5 Å². The van der Waals surface area contributed by atoms with Crippen LogP contribution in [0.4, 0.5) is 4.79 Å². The molecule has 7 heteroatoms. The van der Waals surface area contributed by atoms with Crippen molar-refractivity contribution < 1.29 is 24.2 Å². The van der Waals surface area contributed by atoms with Gasteiger partial charge in [0.15, 0.2) is 0 Å². The molecule has 0 fully saturated rings. The van der Waals surface area contributed by atoms with Gasteiger partial charge in [0.1, 0.15) is 12.1 Å². The molecule has 0 saturated carbocycles. The first-order valence-corrected chi connectivity index (χ1v) is 11.6. The largest absolute Gasteiger partial charge is 0.481 e. The Bertz CT molecular complexity index is 1180. The lowest BCUT2D eigenvalue weighted by Crippen LogP contribution is -2.54. The van der Waals surface area contributed by atoms with Crippen molar-refractivity contribution in [3.05, 3.63) is 95.6 Å². The van der Waals surface area contributed by atoms with E-state index in [1.807, 2.05) is 42.5 Å². The Morgan fingerprint density at radius 2 is 1.46 bits per heavy atom. The summed E-state index contributed by atoms with van der Waals surface area (Å²) in [6, 6.07) is 25.0. The van der Waals surface area contributed by atoms with Gasteiger partial charge in [0.25, 0.3) is 0 Å². The second kappa shape index (κ2) is 10.4. The summed E-state index contributed by atoms with van der Waals surface area (Å²) >= 11 is 0. The predicted octanol–water partition coefficient (Wildman–Crippen LogP) is 4.42. The number of carbonyl (C=O) groups excluding carboxylic acids is 2. The zero-order valence-electron chi connectivity index (χ0n) is 19.5. The predicted molar refractivity (Wildman–Crippen MR) is 132 cm³/mol. The summed E-state index contributed by atoms with van der Waals surface area (Å²) in [4.78, 5) is 36.8. The summed E-state index contributed by atoms with van der Waals surface area (Å²) in [7, 11) is 0. The molecule has 2 amide bonds. The Hall–Kier alpha value is -4.13. The lowest BCUT2D eigenvalue weighted by molar-refractivity contribution is -0.137. The van der Waals surface area contributed by atoms with Crippen LogP contribution in [0.5, 0.6) is 0 Å². The van der Waals surface area contributed by atoms with Gasteiger partial charge in [0, 0.05) is 18.9 Å². The van der Waals surface area contributed by atoms with Crippen LogP contribution in [0.25, 0.3) is 11.1 Å². The standard InChI is InChI=1S/C28H28N2O5/c1-28(19-10-3-2-4-11-19,26(33)29-17-9-16-25(31)32)30-27(34)35-18-24-22-14-7-5-12-20(22)21-13-6-8-15-23(21)24/h2-8,10-15,24H,9,16-18H2,1H3,(H,29,33)(H,30,34)(H,31,32). The normalized spacial score (nSPS) is 13.7. The van der Waals surface area contributed by atoms with E-state index in [9.17, 15) is 14.4 Å². The van der Waals surface area contributed by atoms with Crippen molar-refractivity contribution in [2.75, 3.05) is 13.2 Å². The minimum atomic E-state index is -1.40. The lowest BCUT2D eigenvalue weighted by atomic mass is 9.91. The average molecular weight is 473 g/mol. The van der Waals surface area contributed by atoms with Crippen LogP contribution >= 0.6 is 0 Å². The molecule has 3 aromatic rings. The third-order valence-electron chi connectivity index (χ3n) is 6.35. The Kier molecular flexibility index (Phi) is 7.15. The van der Waals surface area contributed by atoms with Gasteiger partial charge < -0.3 is 20.5 Å². The molecule has 1 aliphatic carbocycles. The maximum atomic E-state index is 13.1. The molecule has 3 N–H and O–H groups in total. The van der Waals surface area contributed by atoms with Crippen LogP contribution in [0.15, 0.2) is 78.9 Å². The van der Waals surface area contributed by atoms with Gasteiger partial charge >= 0.3 is 12.1 Å². The van der Waals surface area contributed by atoms with Crippen LogP contribution in [-0.2, 0) is 19.9 Å². The first-order chi connectivity index (χ1) is 16.9. The Morgan fingerprint density at radius 3 is 2.06 bits per heavy atom. The summed E-state index contributed by atoms with van der Waals surface area (Å²) in [5, 5.41) is 14.3. The molecule has 1 unspecified atom stereocenters. The maximum Gasteiger partial charge on any atom is 0.408 e. The topological polar surface area (TPSA) is 105 Å². The molecule has 1 atom stereocenters. The zero-order chi connectivity index (χ0) is 24.8. The van der Waals surface area contributed by atoms with Gasteiger partial charge in [-0.1, -0.05) is 78.9 Å². The van der Waals surface area contributed by atoms with E-state index in [4.69, 9.17) is 9.84 Å². The van der Waals surface area contributed by atoms with Gasteiger partial charge in [-0.05, 0) is 41.2 Å². The highest BCUT2D eigenvalue weighted by molar-refractivity contribution is 5.91. The van der Waals surface area contributed by atoms with E-state index in [0.717, 1.165) is 22.3 Å². The molecule has 7 nitrogen and oxygen atoms in total. The number of ether oxygens (including phenoxy) is 1. The number of aliphatic carboxylic acids is 1. The van der Waals surface area contributed by atoms with E-state index in [1.54, 1.807) is 31.2 Å². The maximum absolute atomic E-state index is 13.1. The van der Waals surface area contributed by atoms with Gasteiger partial charge in [0.2, 0.25) is 5.91 Å². The van der Waals surface area contributed by atoms with Crippen LogP contribution in [-0.4, -0.2) is 36.2 Å². The van der Waals surface area contributed by atoms with Crippen LogP contribution in [0.1, 0.15) is 42.4 Å². The number of carboxylic acid groups (broad SMARTS) is 1. The summed E-state index contributed by atoms with van der Waals surface area (Å²) < 4.78 is 5.66. The number of alkyl carbamates (subject to hydrolysis) is 1. The van der Waals surface area contributed by atoms with E-state index in [0.29, 0.717) is 5.56 Å². The van der Waals surface area contributed by atoms with Crippen LogP contribution in [0.2, 0.25) is 0 Å². The summed E-state index contributed by atoms with van der Waals surface area (Å²) in [5.74, 6) is -1.47. The number of fused-ring (bicyclic) bond motifs is 3. The van der Waals surface area contributed by atoms with Crippen molar-refractivity contribution in [3.8, 4) is 11.1 Å². The van der Waals surface area contributed by atoms with E-state index >= 15 is 0 Å². The lowest BCUT2D eigenvalue weighted by Gasteiger charge is -2.30. The second-order valence-electron chi connectivity index (χ2n) is 8.69. The van der Waals surface area contributed by atoms with Crippen molar-refractivity contribution in [2.24, 2.45) is 0 Å². The Morgan fingerprint density at radius 1 is 0.886 bits per heavy atom. The third kappa shape index (κ3) is 5.19. The molecule has 3 aromatic carbocycles. The van der Waals surface area contributed by atoms with Crippen LogP contribution in [0.3, 0.4) is 0 Å². The summed E-state index contributed by atoms with van der Waals surface area (Å²) in [6.07, 6.45) is -0.474. The van der Waals surface area contributed by atoms with Crippen molar-refractivity contribution >= 4 is 18.0 Å². The van der Waals surface area contributed by atoms with Crippen molar-refractivity contribution in [2.45, 2.75) is 31.2 Å². The van der Waals surface area contributed by atoms with Gasteiger partial charge in [0.05, 0.1) is 0 Å². The Labute approximate surface area is 204 Å². The first-order valence-electron chi connectivity index (χ1n) is 11.6. The fourth-order valence-electron chi connectivity index (χ4n) is 4.49. The van der Waals surface area contributed by atoms with E-state index in [-0.39, 0.29) is 31.9 Å². The third-order valence-corrected chi connectivity index (χ3v) is 6.35. The number of rotatable bonds is 9. The van der Waals surface area contributed by atoms with Crippen molar-refractivity contribution in [1.82, 2.24) is 10.6 Å². The smallest absolute Gasteiger partial charge is 0.408 e. The van der Waals surface area contributed by atoms with Gasteiger partial charge in [-0.3, -0.25) is 9.59 Å². The van der Waals surface area contributed by atoms with Gasteiger partial charge in [-0.25, -0.2) is 4.79 Å². The molecule has 0 aliphatic heterocycles. The Balaban J connectivity index is 1.47. The number of amides is 2. The second-order valence-corrected chi connectivity index (χ2v) is 8.69. The molecule has 0 aromatic heterocycles. The fourth-order valence-corrected chi connectivity index (χ4v) is 4.49. The SMILES string of the molecule is CC(NC(=O)OCC1c2ccccc2-c2ccccc21)(C(=O)NCCCC(=O)O)c1ccccc1. The minimum absolute atomic E-state index is 0.0534. The highest BCUT2D eigenvalue weighted by Gasteiger charge is 2.38. The fraction of sp³-hybridized carbons (Fsp3) is 0.250. The van der Waals surface area contributed by atoms with Crippen LogP contribution in [0, 0.1) is 0 Å². The van der Waals surface area contributed by atoms with Crippen molar-refractivity contribution in [1.29, 1.82) is 0 Å². The molecule has 35 heavy (non-hydrogen) atoms. The number of carbonyl (C=O) groups is 3. The minimum Gasteiger partial charge on any atom is -0.481 e. The highest BCUT2D eigenvalue weighted by atomic mass is 16.5. The van der Waals surface area contributed by atoms with E-state index in [2.05, 4.69) is 22.8 Å². The quantitative estimate of drug-likeness (QED) is 0.400. The molecule has 0 radical (unpaired) electrons. The number of benzene rings is 3. The summed E-state index contributed by atoms with van der Waals surface area (Å²) in [6.45, 7) is 1.92. The molecule has 1 aliphatic rings. The zero-order valence-corrected chi connectivity index (χ0v) is 19.5. The molecule has 4 rings (SSSR count). The molecule has 180 valence electrons. The highest BCUT2D eigenvalue weighted by Crippen LogP contribution is 2.44. The van der Waals surface area contributed by atoms with E-state index in [1.165, 1.54) is 0 Å². The molecule has 0 saturated heterocycles. The number of nitrogens with one attached hydrogen (secondary N) is 2. The molecule has 0 spiro atoms.